The molecule has 0 saturated heterocycles. The topological polar surface area (TPSA) is 76.9 Å². The fourth-order valence-corrected chi connectivity index (χ4v) is 5.32. The zero-order valence-electron chi connectivity index (χ0n) is 16.2. The van der Waals surface area contributed by atoms with Gasteiger partial charge in [-0.25, -0.2) is 13.1 Å². The molecule has 5 rings (SSSR count). The van der Waals surface area contributed by atoms with Crippen molar-refractivity contribution in [1.29, 1.82) is 0 Å². The Bertz CT molecular complexity index is 1100. The van der Waals surface area contributed by atoms with Gasteiger partial charge in [0.15, 0.2) is 0 Å². The summed E-state index contributed by atoms with van der Waals surface area (Å²) in [4.78, 5) is 0.305. The van der Waals surface area contributed by atoms with Crippen molar-refractivity contribution in [3.63, 3.8) is 0 Å². The van der Waals surface area contributed by atoms with Gasteiger partial charge in [-0.2, -0.15) is 0 Å². The summed E-state index contributed by atoms with van der Waals surface area (Å²) in [6.07, 6.45) is 4.62. The molecule has 6 nitrogen and oxygen atoms in total. The standard InChI is InChI=1S/C22H24N4O2S/c27-29(28,20-11-8-17(9-12-20)16-4-2-1-3-5-16)25-19-10-13-21-23-24-22(18-6-7-18)26(21)15-14-19/h1-5,8-9,11-12,18-19,25H,6-7,10,13-15H2. The second-order valence-electron chi connectivity index (χ2n) is 7.94. The third-order valence-corrected chi connectivity index (χ3v) is 7.35. The minimum absolute atomic E-state index is 0.0949. The van der Waals surface area contributed by atoms with E-state index in [4.69, 9.17) is 0 Å². The molecule has 0 bridgehead atoms. The van der Waals surface area contributed by atoms with Crippen molar-refractivity contribution in [1.82, 2.24) is 19.5 Å². The van der Waals surface area contributed by atoms with Crippen molar-refractivity contribution in [2.24, 2.45) is 0 Å². The SMILES string of the molecule is O=S(=O)(NC1CCc2nnc(C3CC3)n2CC1)c1ccc(-c2ccccc2)cc1. The van der Waals surface area contributed by atoms with E-state index in [0.717, 1.165) is 48.6 Å². The van der Waals surface area contributed by atoms with Gasteiger partial charge in [0.2, 0.25) is 10.0 Å². The average molecular weight is 409 g/mol. The summed E-state index contributed by atoms with van der Waals surface area (Å²) < 4.78 is 30.9. The third-order valence-electron chi connectivity index (χ3n) is 5.81. The third kappa shape index (κ3) is 3.84. The highest BCUT2D eigenvalue weighted by atomic mass is 32.2. The number of aromatic nitrogens is 3. The number of hydrogen-bond acceptors (Lipinski definition) is 4. The van der Waals surface area contributed by atoms with Crippen LogP contribution < -0.4 is 4.72 Å². The molecule has 1 fully saturated rings. The van der Waals surface area contributed by atoms with Crippen molar-refractivity contribution in [2.45, 2.75) is 55.5 Å². The first-order chi connectivity index (χ1) is 14.1. The van der Waals surface area contributed by atoms with E-state index in [1.807, 2.05) is 42.5 Å². The molecule has 0 spiro atoms. The molecule has 1 aliphatic heterocycles. The predicted molar refractivity (Wildman–Crippen MR) is 111 cm³/mol. The maximum Gasteiger partial charge on any atom is 0.240 e. The van der Waals surface area contributed by atoms with E-state index in [2.05, 4.69) is 19.5 Å². The highest BCUT2D eigenvalue weighted by Crippen LogP contribution is 2.39. The summed E-state index contributed by atoms with van der Waals surface area (Å²) in [5.41, 5.74) is 2.08. The Kier molecular flexibility index (Phi) is 4.72. The average Bonchev–Trinajstić information content (AvgIpc) is 3.54. The van der Waals surface area contributed by atoms with Crippen LogP contribution in [0.15, 0.2) is 59.5 Å². The Morgan fingerprint density at radius 1 is 0.862 bits per heavy atom. The van der Waals surface area contributed by atoms with E-state index in [1.54, 1.807) is 12.1 Å². The molecular weight excluding hydrogens is 384 g/mol. The van der Waals surface area contributed by atoms with Gasteiger partial charge in [0.05, 0.1) is 4.90 Å². The molecule has 2 aromatic carbocycles. The number of sulfonamides is 1. The minimum Gasteiger partial charge on any atom is -0.315 e. The molecule has 1 aliphatic carbocycles. The number of rotatable bonds is 5. The van der Waals surface area contributed by atoms with E-state index in [1.165, 1.54) is 12.8 Å². The van der Waals surface area contributed by atoms with Crippen LogP contribution in [0.25, 0.3) is 11.1 Å². The first kappa shape index (κ1) is 18.5. The molecule has 1 atom stereocenters. The van der Waals surface area contributed by atoms with Gasteiger partial charge in [0.1, 0.15) is 11.6 Å². The lowest BCUT2D eigenvalue weighted by Crippen LogP contribution is -2.35. The number of nitrogens with one attached hydrogen (secondary N) is 1. The lowest BCUT2D eigenvalue weighted by Gasteiger charge is -2.16. The summed E-state index contributed by atoms with van der Waals surface area (Å²) in [5, 5.41) is 8.70. The maximum absolute atomic E-state index is 12.9. The molecule has 2 heterocycles. The Hall–Kier alpha value is -2.51. The molecule has 0 amide bonds. The summed E-state index contributed by atoms with van der Waals surface area (Å²) in [6.45, 7) is 0.772. The van der Waals surface area contributed by atoms with Gasteiger partial charge in [-0.3, -0.25) is 0 Å². The molecule has 1 saturated carbocycles. The number of nitrogens with zero attached hydrogens (tertiary/aromatic N) is 3. The van der Waals surface area contributed by atoms with Crippen molar-refractivity contribution in [2.75, 3.05) is 0 Å². The molecule has 29 heavy (non-hydrogen) atoms. The fourth-order valence-electron chi connectivity index (χ4n) is 4.02. The monoisotopic (exact) mass is 408 g/mol. The molecule has 7 heteroatoms. The summed E-state index contributed by atoms with van der Waals surface area (Å²) in [5.74, 6) is 2.62. The van der Waals surface area contributed by atoms with Gasteiger partial charge in [-0.15, -0.1) is 10.2 Å². The molecular formula is C22H24N4O2S. The quantitative estimate of drug-likeness (QED) is 0.701. The van der Waals surface area contributed by atoms with Crippen LogP contribution in [-0.2, 0) is 23.0 Å². The van der Waals surface area contributed by atoms with Crippen LogP contribution in [0, 0.1) is 0 Å². The Morgan fingerprint density at radius 2 is 1.59 bits per heavy atom. The van der Waals surface area contributed by atoms with Crippen molar-refractivity contribution >= 4 is 10.0 Å². The van der Waals surface area contributed by atoms with Crippen molar-refractivity contribution in [3.05, 3.63) is 66.2 Å². The van der Waals surface area contributed by atoms with Crippen LogP contribution in [-0.4, -0.2) is 29.2 Å². The van der Waals surface area contributed by atoms with E-state index < -0.39 is 10.0 Å². The largest absolute Gasteiger partial charge is 0.315 e. The van der Waals surface area contributed by atoms with E-state index in [9.17, 15) is 8.42 Å². The zero-order valence-corrected chi connectivity index (χ0v) is 17.0. The Balaban J connectivity index is 1.28. The van der Waals surface area contributed by atoms with E-state index in [0.29, 0.717) is 10.8 Å². The van der Waals surface area contributed by atoms with Crippen molar-refractivity contribution < 1.29 is 8.42 Å². The van der Waals surface area contributed by atoms with E-state index >= 15 is 0 Å². The lowest BCUT2D eigenvalue weighted by molar-refractivity contribution is 0.492. The number of aryl methyl sites for hydroxylation is 1. The van der Waals surface area contributed by atoms with Crippen LogP contribution in [0.1, 0.15) is 43.3 Å². The van der Waals surface area contributed by atoms with Gasteiger partial charge in [0.25, 0.3) is 0 Å². The highest BCUT2D eigenvalue weighted by Gasteiger charge is 2.32. The van der Waals surface area contributed by atoms with Crippen LogP contribution in [0.2, 0.25) is 0 Å². The van der Waals surface area contributed by atoms with Gasteiger partial charge < -0.3 is 4.57 Å². The fraction of sp³-hybridized carbons (Fsp3) is 0.364. The molecule has 1 unspecified atom stereocenters. The highest BCUT2D eigenvalue weighted by molar-refractivity contribution is 7.89. The molecule has 2 aliphatic rings. The number of hydrogen-bond donors (Lipinski definition) is 1. The molecule has 1 aromatic heterocycles. The van der Waals surface area contributed by atoms with Gasteiger partial charge in [-0.05, 0) is 48.9 Å². The molecule has 3 aromatic rings. The molecule has 1 N–H and O–H groups in total. The van der Waals surface area contributed by atoms with Crippen LogP contribution >= 0.6 is 0 Å². The van der Waals surface area contributed by atoms with Crippen LogP contribution in [0.4, 0.5) is 0 Å². The second kappa shape index (κ2) is 7.39. The zero-order chi connectivity index (χ0) is 19.8. The normalized spacial score (nSPS) is 19.5. The van der Waals surface area contributed by atoms with Gasteiger partial charge in [0, 0.05) is 24.9 Å². The Morgan fingerprint density at radius 3 is 2.31 bits per heavy atom. The van der Waals surface area contributed by atoms with Crippen molar-refractivity contribution in [3.8, 4) is 11.1 Å². The minimum atomic E-state index is -3.55. The van der Waals surface area contributed by atoms with Gasteiger partial charge >= 0.3 is 0 Å². The van der Waals surface area contributed by atoms with E-state index in [-0.39, 0.29) is 6.04 Å². The first-order valence-electron chi connectivity index (χ1n) is 10.2. The Labute approximate surface area is 171 Å². The van der Waals surface area contributed by atoms with Crippen LogP contribution in [0.5, 0.6) is 0 Å². The smallest absolute Gasteiger partial charge is 0.240 e. The molecule has 0 radical (unpaired) electrons. The maximum atomic E-state index is 12.9. The van der Waals surface area contributed by atoms with Gasteiger partial charge in [-0.1, -0.05) is 42.5 Å². The lowest BCUT2D eigenvalue weighted by atomic mass is 10.1. The summed E-state index contributed by atoms with van der Waals surface area (Å²) in [6, 6.07) is 16.9. The number of fused-ring (bicyclic) bond motifs is 1. The second-order valence-corrected chi connectivity index (χ2v) is 9.65. The molecule has 150 valence electrons. The first-order valence-corrected chi connectivity index (χ1v) is 11.7. The number of benzene rings is 2. The predicted octanol–water partition coefficient (Wildman–Crippen LogP) is 3.51. The summed E-state index contributed by atoms with van der Waals surface area (Å²) in [7, 11) is -3.55. The summed E-state index contributed by atoms with van der Waals surface area (Å²) >= 11 is 0. The van der Waals surface area contributed by atoms with Crippen LogP contribution in [0.3, 0.4) is 0 Å².